The topological polar surface area (TPSA) is 59.3 Å². The van der Waals surface area contributed by atoms with Crippen molar-refractivity contribution in [3.63, 3.8) is 0 Å². The Labute approximate surface area is 158 Å². The molecular formula is C21H25FN4O. The number of aromatic nitrogens is 2. The highest BCUT2D eigenvalue weighted by Crippen LogP contribution is 2.26. The number of carbonyl (C=O) groups excluding carboxylic acids is 1. The first kappa shape index (κ1) is 17.9. The highest BCUT2D eigenvalue weighted by atomic mass is 19.1. The van der Waals surface area contributed by atoms with Crippen molar-refractivity contribution in [3.05, 3.63) is 41.3 Å². The van der Waals surface area contributed by atoms with Crippen LogP contribution in [0, 0.1) is 6.92 Å². The Bertz CT molecular complexity index is 902. The van der Waals surface area contributed by atoms with Crippen LogP contribution in [0.5, 0.6) is 0 Å². The molecule has 0 spiro atoms. The van der Waals surface area contributed by atoms with Gasteiger partial charge in [-0.3, -0.25) is 9.79 Å². The summed E-state index contributed by atoms with van der Waals surface area (Å²) in [7, 11) is 1.98. The highest BCUT2D eigenvalue weighted by molar-refractivity contribution is 6.46. The Kier molecular flexibility index (Phi) is 4.81. The molecule has 5 nitrogen and oxygen atoms in total. The Morgan fingerprint density at radius 3 is 2.85 bits per heavy atom. The number of hydrogen-bond donors (Lipinski definition) is 1. The Hall–Kier alpha value is -2.50. The first-order valence-electron chi connectivity index (χ1n) is 9.66. The van der Waals surface area contributed by atoms with Gasteiger partial charge in [0.1, 0.15) is 17.7 Å². The zero-order valence-electron chi connectivity index (χ0n) is 15.8. The van der Waals surface area contributed by atoms with E-state index in [0.29, 0.717) is 25.1 Å². The van der Waals surface area contributed by atoms with E-state index in [1.54, 1.807) is 0 Å². The van der Waals surface area contributed by atoms with Crippen LogP contribution in [0.25, 0.3) is 11.3 Å². The number of fused-ring (bicyclic) bond motifs is 1. The van der Waals surface area contributed by atoms with E-state index in [0.717, 1.165) is 47.5 Å². The van der Waals surface area contributed by atoms with E-state index in [1.807, 2.05) is 30.8 Å². The van der Waals surface area contributed by atoms with Crippen LogP contribution in [0.4, 0.5) is 4.39 Å². The molecule has 27 heavy (non-hydrogen) atoms. The molecule has 0 radical (unpaired) electrons. The lowest BCUT2D eigenvalue weighted by Gasteiger charge is -2.27. The first-order chi connectivity index (χ1) is 13.0. The molecule has 2 aromatic rings. The normalized spacial score (nSPS) is 22.1. The maximum atomic E-state index is 14.1. The fourth-order valence-corrected chi connectivity index (χ4v) is 4.00. The van der Waals surface area contributed by atoms with E-state index in [-0.39, 0.29) is 5.91 Å². The van der Waals surface area contributed by atoms with Crippen molar-refractivity contribution in [2.24, 2.45) is 12.0 Å². The number of rotatable bonds is 3. The second-order valence-corrected chi connectivity index (χ2v) is 7.48. The SMILES string of the molecule is Cc1ncc(-c2ccc3c(c2)C(C(=O)N[C@@H]2CCCC[C@H]2F)=NCC3)n1C. The zero-order chi connectivity index (χ0) is 19.0. The molecule has 4 rings (SSSR count). The minimum absolute atomic E-state index is 0.260. The van der Waals surface area contributed by atoms with E-state index in [1.165, 1.54) is 0 Å². The number of halogens is 1. The number of hydrogen-bond acceptors (Lipinski definition) is 3. The number of alkyl halides is 1. The molecule has 1 aromatic carbocycles. The van der Waals surface area contributed by atoms with Crippen LogP contribution in [-0.2, 0) is 18.3 Å². The van der Waals surface area contributed by atoms with E-state index in [4.69, 9.17) is 0 Å². The average Bonchev–Trinajstić information content (AvgIpc) is 3.01. The number of carbonyl (C=O) groups is 1. The zero-order valence-corrected chi connectivity index (χ0v) is 15.8. The molecule has 1 N–H and O–H groups in total. The smallest absolute Gasteiger partial charge is 0.270 e. The van der Waals surface area contributed by atoms with Gasteiger partial charge in [0.05, 0.1) is 17.9 Å². The van der Waals surface area contributed by atoms with Crippen molar-refractivity contribution >= 4 is 11.6 Å². The lowest BCUT2D eigenvalue weighted by atomic mass is 9.91. The third-order valence-corrected chi connectivity index (χ3v) is 5.75. The summed E-state index contributed by atoms with van der Waals surface area (Å²) in [5, 5.41) is 2.89. The van der Waals surface area contributed by atoms with E-state index >= 15 is 0 Å². The van der Waals surface area contributed by atoms with Crippen LogP contribution in [-0.4, -0.2) is 39.9 Å². The van der Waals surface area contributed by atoms with Gasteiger partial charge in [0.15, 0.2) is 0 Å². The van der Waals surface area contributed by atoms with Gasteiger partial charge in [0.25, 0.3) is 5.91 Å². The number of aryl methyl sites for hydroxylation is 1. The van der Waals surface area contributed by atoms with Gasteiger partial charge in [0, 0.05) is 24.7 Å². The summed E-state index contributed by atoms with van der Waals surface area (Å²) in [6.07, 6.45) is 4.76. The summed E-state index contributed by atoms with van der Waals surface area (Å²) in [5.74, 6) is 0.671. The van der Waals surface area contributed by atoms with Crippen LogP contribution < -0.4 is 5.32 Å². The van der Waals surface area contributed by atoms with Gasteiger partial charge in [-0.2, -0.15) is 0 Å². The lowest BCUT2D eigenvalue weighted by molar-refractivity contribution is -0.116. The lowest BCUT2D eigenvalue weighted by Crippen LogP contribution is -2.46. The molecule has 6 heteroatoms. The molecule has 1 amide bonds. The van der Waals surface area contributed by atoms with Gasteiger partial charge in [-0.1, -0.05) is 25.0 Å². The maximum absolute atomic E-state index is 14.1. The molecule has 2 aliphatic rings. The van der Waals surface area contributed by atoms with Crippen molar-refractivity contribution in [1.29, 1.82) is 0 Å². The number of nitrogens with zero attached hydrogens (tertiary/aromatic N) is 3. The van der Waals surface area contributed by atoms with Gasteiger partial charge < -0.3 is 9.88 Å². The third kappa shape index (κ3) is 3.40. The minimum Gasteiger partial charge on any atom is -0.345 e. The van der Waals surface area contributed by atoms with Crippen molar-refractivity contribution in [3.8, 4) is 11.3 Å². The molecule has 1 aromatic heterocycles. The Morgan fingerprint density at radius 2 is 2.11 bits per heavy atom. The third-order valence-electron chi connectivity index (χ3n) is 5.75. The van der Waals surface area contributed by atoms with Crippen LogP contribution in [0.2, 0.25) is 0 Å². The fraction of sp³-hybridized carbons (Fsp3) is 0.476. The maximum Gasteiger partial charge on any atom is 0.270 e. The van der Waals surface area contributed by atoms with Crippen molar-refractivity contribution in [2.45, 2.75) is 51.2 Å². The standard InChI is InChI=1S/C21H25FN4O/c1-13-24-12-19(26(13)2)15-8-7-14-9-10-23-20(16(14)11-15)21(27)25-18-6-4-3-5-17(18)22/h7-8,11-12,17-18H,3-6,9-10H2,1-2H3,(H,25,27)/t17-,18-/m1/s1. The second kappa shape index (κ2) is 7.25. The number of imidazole rings is 1. The summed E-state index contributed by atoms with van der Waals surface area (Å²) in [5.41, 5.74) is 4.38. The number of aliphatic imine (C=N–C) groups is 1. The molecule has 1 aliphatic carbocycles. The molecule has 1 saturated carbocycles. The van der Waals surface area contributed by atoms with Gasteiger partial charge in [0.2, 0.25) is 0 Å². The van der Waals surface area contributed by atoms with E-state index in [9.17, 15) is 9.18 Å². The van der Waals surface area contributed by atoms with Gasteiger partial charge >= 0.3 is 0 Å². The molecule has 0 unspecified atom stereocenters. The number of amides is 1. The largest absolute Gasteiger partial charge is 0.345 e. The molecule has 1 aliphatic heterocycles. The van der Waals surface area contributed by atoms with E-state index < -0.39 is 12.2 Å². The predicted octanol–water partition coefficient (Wildman–Crippen LogP) is 3.14. The highest BCUT2D eigenvalue weighted by Gasteiger charge is 2.29. The average molecular weight is 368 g/mol. The summed E-state index contributed by atoms with van der Waals surface area (Å²) >= 11 is 0. The minimum atomic E-state index is -0.963. The molecule has 0 bridgehead atoms. The van der Waals surface area contributed by atoms with Crippen molar-refractivity contribution in [1.82, 2.24) is 14.9 Å². The van der Waals surface area contributed by atoms with Gasteiger partial charge in [-0.05, 0) is 37.8 Å². The number of nitrogens with one attached hydrogen (secondary N) is 1. The number of benzene rings is 1. The van der Waals surface area contributed by atoms with Crippen LogP contribution in [0.1, 0.15) is 42.6 Å². The monoisotopic (exact) mass is 368 g/mol. The molecule has 142 valence electrons. The summed E-state index contributed by atoms with van der Waals surface area (Å²) in [6, 6.07) is 5.74. The van der Waals surface area contributed by atoms with Crippen molar-refractivity contribution in [2.75, 3.05) is 6.54 Å². The Balaban J connectivity index is 1.63. The summed E-state index contributed by atoms with van der Waals surface area (Å²) in [4.78, 5) is 21.7. The summed E-state index contributed by atoms with van der Waals surface area (Å²) < 4.78 is 16.2. The quantitative estimate of drug-likeness (QED) is 0.905. The van der Waals surface area contributed by atoms with Crippen molar-refractivity contribution < 1.29 is 9.18 Å². The van der Waals surface area contributed by atoms with Gasteiger partial charge in [-0.15, -0.1) is 0 Å². The molecule has 1 fully saturated rings. The van der Waals surface area contributed by atoms with Crippen LogP contribution in [0.15, 0.2) is 29.4 Å². The molecule has 2 heterocycles. The van der Waals surface area contributed by atoms with E-state index in [2.05, 4.69) is 27.4 Å². The Morgan fingerprint density at radius 1 is 1.30 bits per heavy atom. The van der Waals surface area contributed by atoms with Crippen LogP contribution in [0.3, 0.4) is 0 Å². The first-order valence-corrected chi connectivity index (χ1v) is 9.66. The predicted molar refractivity (Wildman–Crippen MR) is 104 cm³/mol. The van der Waals surface area contributed by atoms with Crippen LogP contribution >= 0.6 is 0 Å². The van der Waals surface area contributed by atoms with Gasteiger partial charge in [-0.25, -0.2) is 9.37 Å². The molecule has 0 saturated heterocycles. The molecular weight excluding hydrogens is 343 g/mol. The summed E-state index contributed by atoms with van der Waals surface area (Å²) in [6.45, 7) is 2.55. The molecule has 2 atom stereocenters. The fourth-order valence-electron chi connectivity index (χ4n) is 4.00. The second-order valence-electron chi connectivity index (χ2n) is 7.48.